The molecule has 1 heterocycles. The highest BCUT2D eigenvalue weighted by Gasteiger charge is 2.15. The van der Waals surface area contributed by atoms with E-state index < -0.39 is 0 Å². The molecule has 1 atom stereocenters. The Morgan fingerprint density at radius 3 is 3.16 bits per heavy atom. The lowest BCUT2D eigenvalue weighted by Crippen LogP contribution is -2.32. The van der Waals surface area contributed by atoms with E-state index in [0.29, 0.717) is 19.6 Å². The van der Waals surface area contributed by atoms with E-state index in [2.05, 4.69) is 21.2 Å². The molecular weight excluding hydrogens is 310 g/mol. The number of carbonyl (C=O) groups excluding carboxylic acids is 1. The molecule has 1 saturated heterocycles. The normalized spacial score (nSPS) is 18.3. The predicted octanol–water partition coefficient (Wildman–Crippen LogP) is 2.51. The Morgan fingerprint density at radius 2 is 2.42 bits per heavy atom. The van der Waals surface area contributed by atoms with E-state index in [-0.39, 0.29) is 12.0 Å². The van der Waals surface area contributed by atoms with Crippen LogP contribution < -0.4 is 10.1 Å². The minimum atomic E-state index is 0.00509. The largest absolute Gasteiger partial charge is 0.493 e. The second-order valence-electron chi connectivity index (χ2n) is 4.49. The van der Waals surface area contributed by atoms with E-state index in [1.165, 1.54) is 0 Å². The van der Waals surface area contributed by atoms with Gasteiger partial charge in [-0.1, -0.05) is 22.0 Å². The van der Waals surface area contributed by atoms with Crippen molar-refractivity contribution in [3.8, 4) is 5.75 Å². The highest BCUT2D eigenvalue weighted by molar-refractivity contribution is 9.10. The van der Waals surface area contributed by atoms with Crippen LogP contribution in [-0.2, 0) is 9.53 Å². The molecule has 1 aromatic carbocycles. The van der Waals surface area contributed by atoms with Gasteiger partial charge in [0.15, 0.2) is 0 Å². The number of carbonyl (C=O) groups is 1. The third kappa shape index (κ3) is 5.20. The first kappa shape index (κ1) is 14.3. The van der Waals surface area contributed by atoms with Crippen molar-refractivity contribution in [2.45, 2.75) is 25.4 Å². The fourth-order valence-electron chi connectivity index (χ4n) is 1.94. The van der Waals surface area contributed by atoms with Gasteiger partial charge in [-0.05, 0) is 31.0 Å². The molecule has 0 radical (unpaired) electrons. The molecule has 5 heteroatoms. The molecule has 0 aliphatic carbocycles. The lowest BCUT2D eigenvalue weighted by atomic mass is 10.2. The lowest BCUT2D eigenvalue weighted by Gasteiger charge is -2.11. The molecule has 1 amide bonds. The minimum absolute atomic E-state index is 0.00509. The number of nitrogens with one attached hydrogen (secondary N) is 1. The zero-order chi connectivity index (χ0) is 13.5. The molecule has 2 rings (SSSR count). The van der Waals surface area contributed by atoms with E-state index in [0.717, 1.165) is 29.7 Å². The van der Waals surface area contributed by atoms with Crippen molar-refractivity contribution in [1.82, 2.24) is 5.32 Å². The number of hydrogen-bond acceptors (Lipinski definition) is 3. The molecule has 1 aliphatic heterocycles. The maximum absolute atomic E-state index is 11.6. The molecule has 1 unspecified atom stereocenters. The number of hydrogen-bond donors (Lipinski definition) is 1. The van der Waals surface area contributed by atoms with Gasteiger partial charge in [0.05, 0.1) is 19.1 Å². The SMILES string of the molecule is O=C(CCOc1cccc(Br)c1)NCC1CCCO1. The van der Waals surface area contributed by atoms with E-state index in [9.17, 15) is 4.79 Å². The second-order valence-corrected chi connectivity index (χ2v) is 5.41. The lowest BCUT2D eigenvalue weighted by molar-refractivity contribution is -0.122. The van der Waals surface area contributed by atoms with E-state index in [1.54, 1.807) is 0 Å². The van der Waals surface area contributed by atoms with Crippen LogP contribution in [0.3, 0.4) is 0 Å². The Bertz CT molecular complexity index is 419. The van der Waals surface area contributed by atoms with Gasteiger partial charge in [-0.25, -0.2) is 0 Å². The Balaban J connectivity index is 1.60. The Labute approximate surface area is 121 Å². The molecular formula is C14H18BrNO3. The molecule has 1 N–H and O–H groups in total. The van der Waals surface area contributed by atoms with Crippen LogP contribution in [0.15, 0.2) is 28.7 Å². The Morgan fingerprint density at radius 1 is 1.53 bits per heavy atom. The summed E-state index contributed by atoms with van der Waals surface area (Å²) in [5.41, 5.74) is 0. The molecule has 1 aliphatic rings. The maximum Gasteiger partial charge on any atom is 0.223 e. The summed E-state index contributed by atoms with van der Waals surface area (Å²) in [6, 6.07) is 7.58. The summed E-state index contributed by atoms with van der Waals surface area (Å²) in [6.07, 6.45) is 2.68. The molecule has 104 valence electrons. The average Bonchev–Trinajstić information content (AvgIpc) is 2.89. The van der Waals surface area contributed by atoms with Gasteiger partial charge in [-0.3, -0.25) is 4.79 Å². The summed E-state index contributed by atoms with van der Waals surface area (Å²) in [4.78, 5) is 11.6. The van der Waals surface area contributed by atoms with Gasteiger partial charge >= 0.3 is 0 Å². The topological polar surface area (TPSA) is 47.6 Å². The van der Waals surface area contributed by atoms with Gasteiger partial charge in [0.2, 0.25) is 5.91 Å². The molecule has 19 heavy (non-hydrogen) atoms. The van der Waals surface area contributed by atoms with Crippen LogP contribution in [-0.4, -0.2) is 31.8 Å². The highest BCUT2D eigenvalue weighted by atomic mass is 79.9. The van der Waals surface area contributed by atoms with Gasteiger partial charge < -0.3 is 14.8 Å². The maximum atomic E-state index is 11.6. The van der Waals surface area contributed by atoms with Crippen LogP contribution >= 0.6 is 15.9 Å². The number of amides is 1. The zero-order valence-corrected chi connectivity index (χ0v) is 12.3. The van der Waals surface area contributed by atoms with Crippen LogP contribution in [0.5, 0.6) is 5.75 Å². The van der Waals surface area contributed by atoms with E-state index in [4.69, 9.17) is 9.47 Å². The van der Waals surface area contributed by atoms with Crippen molar-refractivity contribution in [2.75, 3.05) is 19.8 Å². The van der Waals surface area contributed by atoms with Crippen LogP contribution in [0.2, 0.25) is 0 Å². The van der Waals surface area contributed by atoms with Crippen molar-refractivity contribution < 1.29 is 14.3 Å². The monoisotopic (exact) mass is 327 g/mol. The van der Waals surface area contributed by atoms with Gasteiger partial charge in [-0.15, -0.1) is 0 Å². The first-order valence-corrected chi connectivity index (χ1v) is 7.30. The number of benzene rings is 1. The van der Waals surface area contributed by atoms with Gasteiger partial charge in [0, 0.05) is 17.6 Å². The molecule has 4 nitrogen and oxygen atoms in total. The number of rotatable bonds is 6. The third-order valence-corrected chi connectivity index (χ3v) is 3.44. The average molecular weight is 328 g/mol. The molecule has 1 fully saturated rings. The summed E-state index contributed by atoms with van der Waals surface area (Å²) < 4.78 is 11.9. The molecule has 0 saturated carbocycles. The van der Waals surface area contributed by atoms with Gasteiger partial charge in [-0.2, -0.15) is 0 Å². The molecule has 0 bridgehead atoms. The second kappa shape index (κ2) is 7.50. The van der Waals surface area contributed by atoms with E-state index in [1.807, 2.05) is 24.3 Å². The van der Waals surface area contributed by atoms with Crippen LogP contribution in [0.4, 0.5) is 0 Å². The standard InChI is InChI=1S/C14H18BrNO3/c15-11-3-1-4-12(9-11)19-8-6-14(17)16-10-13-5-2-7-18-13/h1,3-4,9,13H,2,5-8,10H2,(H,16,17). The van der Waals surface area contributed by atoms with Crippen LogP contribution in [0, 0.1) is 0 Å². The minimum Gasteiger partial charge on any atom is -0.493 e. The Hall–Kier alpha value is -1.07. The first-order chi connectivity index (χ1) is 9.24. The number of halogens is 1. The van der Waals surface area contributed by atoms with E-state index >= 15 is 0 Å². The van der Waals surface area contributed by atoms with Crippen molar-refractivity contribution in [1.29, 1.82) is 0 Å². The van der Waals surface area contributed by atoms with Crippen molar-refractivity contribution in [2.24, 2.45) is 0 Å². The van der Waals surface area contributed by atoms with Crippen molar-refractivity contribution in [3.05, 3.63) is 28.7 Å². The summed E-state index contributed by atoms with van der Waals surface area (Å²) in [6.45, 7) is 1.80. The smallest absolute Gasteiger partial charge is 0.223 e. The van der Waals surface area contributed by atoms with Crippen molar-refractivity contribution in [3.63, 3.8) is 0 Å². The van der Waals surface area contributed by atoms with Crippen LogP contribution in [0.25, 0.3) is 0 Å². The summed E-state index contributed by atoms with van der Waals surface area (Å²) in [7, 11) is 0. The zero-order valence-electron chi connectivity index (χ0n) is 10.7. The summed E-state index contributed by atoms with van der Waals surface area (Å²) in [5, 5.41) is 2.87. The fraction of sp³-hybridized carbons (Fsp3) is 0.500. The summed E-state index contributed by atoms with van der Waals surface area (Å²) in [5.74, 6) is 0.770. The van der Waals surface area contributed by atoms with Crippen LogP contribution in [0.1, 0.15) is 19.3 Å². The third-order valence-electron chi connectivity index (χ3n) is 2.94. The molecule has 0 aromatic heterocycles. The quantitative estimate of drug-likeness (QED) is 0.873. The van der Waals surface area contributed by atoms with Gasteiger partial charge in [0.1, 0.15) is 5.75 Å². The molecule has 0 spiro atoms. The Kier molecular flexibility index (Phi) is 5.66. The van der Waals surface area contributed by atoms with Crippen molar-refractivity contribution >= 4 is 21.8 Å². The predicted molar refractivity (Wildman–Crippen MR) is 76.2 cm³/mol. The molecule has 1 aromatic rings. The fourth-order valence-corrected chi connectivity index (χ4v) is 2.32. The highest BCUT2D eigenvalue weighted by Crippen LogP contribution is 2.17. The number of ether oxygens (including phenoxy) is 2. The first-order valence-electron chi connectivity index (χ1n) is 6.51. The van der Waals surface area contributed by atoms with Gasteiger partial charge in [0.25, 0.3) is 0 Å². The summed E-state index contributed by atoms with van der Waals surface area (Å²) >= 11 is 3.37.